The number of carbonyl (C=O) groups is 1. The van der Waals surface area contributed by atoms with E-state index in [0.29, 0.717) is 12.1 Å². The molecule has 0 amide bonds. The standard InChI is InChI=1S/C12H15N3O2/c13-12(14)15-10-6-2-3-7-8(10)4-1-5-9(7)11(16)17/h2-3,6,9H,1,4-5H2,(H,16,17)(H4,13,14,15). The van der Waals surface area contributed by atoms with Crippen LogP contribution in [0.1, 0.15) is 29.9 Å². The molecule has 1 aliphatic rings. The van der Waals surface area contributed by atoms with Crippen molar-refractivity contribution in [3.8, 4) is 0 Å². The van der Waals surface area contributed by atoms with Crippen LogP contribution < -0.4 is 11.5 Å². The maximum absolute atomic E-state index is 11.2. The molecule has 5 heteroatoms. The lowest BCUT2D eigenvalue weighted by Gasteiger charge is -2.23. The number of nitrogens with zero attached hydrogens (tertiary/aromatic N) is 1. The number of hydrogen-bond donors (Lipinski definition) is 3. The molecule has 2 rings (SSSR count). The van der Waals surface area contributed by atoms with Gasteiger partial charge in [-0.3, -0.25) is 4.79 Å². The second-order valence-corrected chi connectivity index (χ2v) is 4.16. The quantitative estimate of drug-likeness (QED) is 0.525. The van der Waals surface area contributed by atoms with Crippen LogP contribution in [0.3, 0.4) is 0 Å². The summed E-state index contributed by atoms with van der Waals surface area (Å²) >= 11 is 0. The van der Waals surface area contributed by atoms with Crippen molar-refractivity contribution in [1.29, 1.82) is 0 Å². The predicted molar refractivity (Wildman–Crippen MR) is 65.2 cm³/mol. The topological polar surface area (TPSA) is 102 Å². The summed E-state index contributed by atoms with van der Waals surface area (Å²) in [6.07, 6.45) is 2.35. The van der Waals surface area contributed by atoms with E-state index >= 15 is 0 Å². The minimum absolute atomic E-state index is 0.00384. The molecule has 1 aliphatic carbocycles. The summed E-state index contributed by atoms with van der Waals surface area (Å²) in [5, 5.41) is 9.17. The van der Waals surface area contributed by atoms with Crippen molar-refractivity contribution in [3.63, 3.8) is 0 Å². The molecule has 0 saturated carbocycles. The van der Waals surface area contributed by atoms with Crippen LogP contribution in [-0.4, -0.2) is 17.0 Å². The summed E-state index contributed by atoms with van der Waals surface area (Å²) in [4.78, 5) is 15.2. The van der Waals surface area contributed by atoms with Gasteiger partial charge in [-0.2, -0.15) is 0 Å². The molecular weight excluding hydrogens is 218 g/mol. The zero-order valence-corrected chi connectivity index (χ0v) is 9.39. The molecule has 0 radical (unpaired) electrons. The van der Waals surface area contributed by atoms with E-state index in [9.17, 15) is 9.90 Å². The minimum atomic E-state index is -0.784. The molecular formula is C12H15N3O2. The number of aliphatic imine (C=N–C) groups is 1. The van der Waals surface area contributed by atoms with Crippen molar-refractivity contribution >= 4 is 17.6 Å². The van der Waals surface area contributed by atoms with E-state index in [-0.39, 0.29) is 5.96 Å². The molecule has 5 nitrogen and oxygen atoms in total. The van der Waals surface area contributed by atoms with E-state index in [1.807, 2.05) is 12.1 Å². The first-order chi connectivity index (χ1) is 8.09. The van der Waals surface area contributed by atoms with Gasteiger partial charge in [0, 0.05) is 0 Å². The Balaban J connectivity index is 2.51. The molecule has 0 fully saturated rings. The van der Waals surface area contributed by atoms with Crippen molar-refractivity contribution in [3.05, 3.63) is 29.3 Å². The van der Waals surface area contributed by atoms with Gasteiger partial charge in [0.15, 0.2) is 5.96 Å². The minimum Gasteiger partial charge on any atom is -0.481 e. The molecule has 1 unspecified atom stereocenters. The largest absolute Gasteiger partial charge is 0.481 e. The lowest BCUT2D eigenvalue weighted by Crippen LogP contribution is -2.22. The van der Waals surface area contributed by atoms with Gasteiger partial charge < -0.3 is 16.6 Å². The van der Waals surface area contributed by atoms with Crippen molar-refractivity contribution < 1.29 is 9.90 Å². The summed E-state index contributed by atoms with van der Waals surface area (Å²) in [5.74, 6) is -1.23. The van der Waals surface area contributed by atoms with Crippen molar-refractivity contribution in [2.45, 2.75) is 25.2 Å². The van der Waals surface area contributed by atoms with Gasteiger partial charge in [-0.15, -0.1) is 0 Å². The first kappa shape index (κ1) is 11.4. The number of benzene rings is 1. The van der Waals surface area contributed by atoms with Crippen LogP contribution >= 0.6 is 0 Å². The molecule has 90 valence electrons. The van der Waals surface area contributed by atoms with Gasteiger partial charge in [-0.1, -0.05) is 12.1 Å². The number of rotatable bonds is 2. The van der Waals surface area contributed by atoms with Gasteiger partial charge in [0.2, 0.25) is 0 Å². The van der Waals surface area contributed by atoms with Gasteiger partial charge in [-0.05, 0) is 36.5 Å². The highest BCUT2D eigenvalue weighted by Gasteiger charge is 2.27. The third kappa shape index (κ3) is 2.22. The number of carboxylic acids is 1. The molecule has 0 saturated heterocycles. The van der Waals surface area contributed by atoms with E-state index in [1.54, 1.807) is 6.07 Å². The summed E-state index contributed by atoms with van der Waals surface area (Å²) in [7, 11) is 0. The Bertz CT molecular complexity index is 479. The van der Waals surface area contributed by atoms with Crippen molar-refractivity contribution in [2.24, 2.45) is 16.5 Å². The maximum atomic E-state index is 11.2. The highest BCUT2D eigenvalue weighted by atomic mass is 16.4. The number of fused-ring (bicyclic) bond motifs is 1. The van der Waals surface area contributed by atoms with Crippen LogP contribution in [0.2, 0.25) is 0 Å². The van der Waals surface area contributed by atoms with E-state index in [0.717, 1.165) is 24.0 Å². The van der Waals surface area contributed by atoms with E-state index in [4.69, 9.17) is 11.5 Å². The smallest absolute Gasteiger partial charge is 0.310 e. The van der Waals surface area contributed by atoms with E-state index in [1.165, 1.54) is 0 Å². The second-order valence-electron chi connectivity index (χ2n) is 4.16. The number of guanidine groups is 1. The molecule has 0 bridgehead atoms. The Hall–Kier alpha value is -2.04. The Kier molecular flexibility index (Phi) is 2.99. The summed E-state index contributed by atoms with van der Waals surface area (Å²) in [5.41, 5.74) is 13.2. The molecule has 1 atom stereocenters. The average molecular weight is 233 g/mol. The molecule has 1 aromatic rings. The SMILES string of the molecule is NC(N)=Nc1cccc2c1CCCC2C(=O)O. The van der Waals surface area contributed by atoms with Crippen LogP contribution in [0.15, 0.2) is 23.2 Å². The van der Waals surface area contributed by atoms with Gasteiger partial charge >= 0.3 is 5.97 Å². The number of carboxylic acid groups (broad SMARTS) is 1. The molecule has 1 aromatic carbocycles. The fourth-order valence-electron chi connectivity index (χ4n) is 2.33. The average Bonchev–Trinajstić information content (AvgIpc) is 2.28. The molecule has 0 heterocycles. The summed E-state index contributed by atoms with van der Waals surface area (Å²) in [6, 6.07) is 5.45. The molecule has 0 aromatic heterocycles. The monoisotopic (exact) mass is 233 g/mol. The number of aliphatic carboxylic acids is 1. The highest BCUT2D eigenvalue weighted by Crippen LogP contribution is 2.36. The second kappa shape index (κ2) is 4.45. The van der Waals surface area contributed by atoms with Crippen LogP contribution in [0.25, 0.3) is 0 Å². The van der Waals surface area contributed by atoms with E-state index < -0.39 is 11.9 Å². The van der Waals surface area contributed by atoms with Gasteiger partial charge in [0.1, 0.15) is 0 Å². The van der Waals surface area contributed by atoms with Crippen LogP contribution in [0.5, 0.6) is 0 Å². The third-order valence-electron chi connectivity index (χ3n) is 3.03. The van der Waals surface area contributed by atoms with E-state index in [2.05, 4.69) is 4.99 Å². The van der Waals surface area contributed by atoms with Crippen LogP contribution in [0, 0.1) is 0 Å². The Morgan fingerprint density at radius 1 is 1.41 bits per heavy atom. The highest BCUT2D eigenvalue weighted by molar-refractivity contribution is 5.81. The first-order valence-electron chi connectivity index (χ1n) is 5.54. The molecule has 0 aliphatic heterocycles. The molecule has 5 N–H and O–H groups in total. The Morgan fingerprint density at radius 3 is 2.82 bits per heavy atom. The lowest BCUT2D eigenvalue weighted by atomic mass is 9.82. The van der Waals surface area contributed by atoms with Gasteiger partial charge in [0.25, 0.3) is 0 Å². The zero-order valence-electron chi connectivity index (χ0n) is 9.39. The Morgan fingerprint density at radius 2 is 2.18 bits per heavy atom. The van der Waals surface area contributed by atoms with Crippen LogP contribution in [0.4, 0.5) is 5.69 Å². The Labute approximate surface area is 99.1 Å². The predicted octanol–water partition coefficient (Wildman–Crippen LogP) is 1.10. The third-order valence-corrected chi connectivity index (χ3v) is 3.03. The number of nitrogens with two attached hydrogens (primary N) is 2. The normalized spacial score (nSPS) is 18.2. The molecule has 17 heavy (non-hydrogen) atoms. The number of hydrogen-bond acceptors (Lipinski definition) is 2. The van der Waals surface area contributed by atoms with Crippen LogP contribution in [-0.2, 0) is 11.2 Å². The lowest BCUT2D eigenvalue weighted by molar-refractivity contribution is -0.139. The van der Waals surface area contributed by atoms with Crippen molar-refractivity contribution in [1.82, 2.24) is 0 Å². The van der Waals surface area contributed by atoms with Gasteiger partial charge in [-0.25, -0.2) is 4.99 Å². The van der Waals surface area contributed by atoms with Gasteiger partial charge in [0.05, 0.1) is 11.6 Å². The zero-order chi connectivity index (χ0) is 12.4. The fraction of sp³-hybridized carbons (Fsp3) is 0.333. The summed E-state index contributed by atoms with van der Waals surface area (Å²) in [6.45, 7) is 0. The molecule has 0 spiro atoms. The first-order valence-corrected chi connectivity index (χ1v) is 5.54. The maximum Gasteiger partial charge on any atom is 0.310 e. The summed E-state index contributed by atoms with van der Waals surface area (Å²) < 4.78 is 0. The van der Waals surface area contributed by atoms with Crippen molar-refractivity contribution in [2.75, 3.05) is 0 Å². The fourth-order valence-corrected chi connectivity index (χ4v) is 2.33.